The summed E-state index contributed by atoms with van der Waals surface area (Å²) in [6, 6.07) is 6.60. The summed E-state index contributed by atoms with van der Waals surface area (Å²) in [5.74, 6) is -0.0448. The lowest BCUT2D eigenvalue weighted by Crippen LogP contribution is -2.53. The summed E-state index contributed by atoms with van der Waals surface area (Å²) in [5, 5.41) is 0. The first-order valence-corrected chi connectivity index (χ1v) is 7.99. The zero-order valence-corrected chi connectivity index (χ0v) is 12.3. The molecule has 1 aliphatic heterocycles. The summed E-state index contributed by atoms with van der Waals surface area (Å²) in [4.78, 5) is 14.5. The summed E-state index contributed by atoms with van der Waals surface area (Å²) < 4.78 is 13.2. The zero-order valence-electron chi connectivity index (χ0n) is 12.3. The van der Waals surface area contributed by atoms with Gasteiger partial charge in [-0.3, -0.25) is 4.79 Å². The summed E-state index contributed by atoms with van der Waals surface area (Å²) >= 11 is 0. The van der Waals surface area contributed by atoms with Gasteiger partial charge >= 0.3 is 0 Å². The number of hydrogen-bond donors (Lipinski definition) is 1. The SMILES string of the molecule is NC1CCC(=O)N(C2CCCCC2)C1c1ccc(F)cc1. The highest BCUT2D eigenvalue weighted by Crippen LogP contribution is 2.36. The van der Waals surface area contributed by atoms with Crippen molar-refractivity contribution in [2.24, 2.45) is 5.73 Å². The number of likely N-dealkylation sites (tertiary alicyclic amines) is 1. The number of rotatable bonds is 2. The van der Waals surface area contributed by atoms with Gasteiger partial charge in [-0.1, -0.05) is 31.4 Å². The maximum atomic E-state index is 13.2. The van der Waals surface area contributed by atoms with Gasteiger partial charge in [-0.25, -0.2) is 4.39 Å². The maximum Gasteiger partial charge on any atom is 0.223 e. The molecule has 2 unspecified atom stereocenters. The average Bonchev–Trinajstić information content (AvgIpc) is 2.51. The highest BCUT2D eigenvalue weighted by Gasteiger charge is 2.39. The van der Waals surface area contributed by atoms with Gasteiger partial charge in [0.2, 0.25) is 5.91 Å². The van der Waals surface area contributed by atoms with Crippen LogP contribution in [0.4, 0.5) is 4.39 Å². The summed E-state index contributed by atoms with van der Waals surface area (Å²) in [6.45, 7) is 0. The van der Waals surface area contributed by atoms with E-state index >= 15 is 0 Å². The Bertz CT molecular complexity index is 496. The molecule has 2 aliphatic rings. The quantitative estimate of drug-likeness (QED) is 0.909. The molecule has 1 saturated heterocycles. The molecule has 4 heteroatoms. The molecule has 2 fully saturated rings. The average molecular weight is 290 g/mol. The fourth-order valence-electron chi connectivity index (χ4n) is 3.80. The van der Waals surface area contributed by atoms with E-state index in [0.717, 1.165) is 18.4 Å². The number of nitrogens with two attached hydrogens (primary N) is 1. The van der Waals surface area contributed by atoms with Crippen LogP contribution < -0.4 is 5.73 Å². The lowest BCUT2D eigenvalue weighted by molar-refractivity contribution is -0.141. The number of nitrogens with zero attached hydrogens (tertiary/aromatic N) is 1. The van der Waals surface area contributed by atoms with Crippen molar-refractivity contribution >= 4 is 5.91 Å². The molecule has 3 rings (SSSR count). The molecular formula is C17H23FN2O. The van der Waals surface area contributed by atoms with Gasteiger partial charge in [0, 0.05) is 18.5 Å². The van der Waals surface area contributed by atoms with Crippen LogP contribution in [0.1, 0.15) is 56.6 Å². The molecular weight excluding hydrogens is 267 g/mol. The van der Waals surface area contributed by atoms with Gasteiger partial charge < -0.3 is 10.6 Å². The minimum Gasteiger partial charge on any atom is -0.331 e. The van der Waals surface area contributed by atoms with E-state index < -0.39 is 0 Å². The second kappa shape index (κ2) is 6.14. The van der Waals surface area contributed by atoms with Crippen molar-refractivity contribution in [3.05, 3.63) is 35.6 Å². The van der Waals surface area contributed by atoms with E-state index in [1.807, 2.05) is 4.90 Å². The molecule has 0 bridgehead atoms. The van der Waals surface area contributed by atoms with E-state index in [9.17, 15) is 9.18 Å². The monoisotopic (exact) mass is 290 g/mol. The third-order valence-electron chi connectivity index (χ3n) is 4.86. The highest BCUT2D eigenvalue weighted by molar-refractivity contribution is 5.78. The molecule has 1 aromatic rings. The fourth-order valence-corrected chi connectivity index (χ4v) is 3.80. The molecule has 114 valence electrons. The smallest absolute Gasteiger partial charge is 0.223 e. The Morgan fingerprint density at radius 1 is 1.05 bits per heavy atom. The Morgan fingerprint density at radius 2 is 1.71 bits per heavy atom. The Hall–Kier alpha value is -1.42. The Morgan fingerprint density at radius 3 is 2.38 bits per heavy atom. The second-order valence-corrected chi connectivity index (χ2v) is 6.29. The van der Waals surface area contributed by atoms with E-state index in [1.54, 1.807) is 12.1 Å². The van der Waals surface area contributed by atoms with Crippen LogP contribution in [-0.2, 0) is 4.79 Å². The predicted octanol–water partition coefficient (Wildman–Crippen LogP) is 3.15. The van der Waals surface area contributed by atoms with Crippen molar-refractivity contribution in [1.82, 2.24) is 4.90 Å². The summed E-state index contributed by atoms with van der Waals surface area (Å²) in [7, 11) is 0. The van der Waals surface area contributed by atoms with Gasteiger partial charge in [0.05, 0.1) is 6.04 Å². The topological polar surface area (TPSA) is 46.3 Å². The molecule has 1 amide bonds. The highest BCUT2D eigenvalue weighted by atomic mass is 19.1. The van der Waals surface area contributed by atoms with E-state index in [4.69, 9.17) is 5.73 Å². The van der Waals surface area contributed by atoms with Crippen molar-refractivity contribution in [3.63, 3.8) is 0 Å². The first-order valence-electron chi connectivity index (χ1n) is 7.99. The van der Waals surface area contributed by atoms with Crippen molar-refractivity contribution in [2.75, 3.05) is 0 Å². The summed E-state index contributed by atoms with van der Waals surface area (Å²) in [5.41, 5.74) is 7.28. The lowest BCUT2D eigenvalue weighted by Gasteiger charge is -2.45. The molecule has 2 N–H and O–H groups in total. The van der Waals surface area contributed by atoms with Crippen LogP contribution >= 0.6 is 0 Å². The molecule has 2 atom stereocenters. The van der Waals surface area contributed by atoms with Crippen LogP contribution in [0, 0.1) is 5.82 Å². The first kappa shape index (κ1) is 14.5. The molecule has 0 aromatic heterocycles. The van der Waals surface area contributed by atoms with Crippen LogP contribution in [-0.4, -0.2) is 22.9 Å². The normalized spacial score (nSPS) is 27.9. The lowest BCUT2D eigenvalue weighted by atomic mass is 9.85. The minimum atomic E-state index is -0.251. The van der Waals surface area contributed by atoms with Gasteiger partial charge in [-0.2, -0.15) is 0 Å². The van der Waals surface area contributed by atoms with Crippen molar-refractivity contribution in [2.45, 2.75) is 63.1 Å². The van der Waals surface area contributed by atoms with E-state index in [-0.39, 0.29) is 23.8 Å². The molecule has 1 aliphatic carbocycles. The van der Waals surface area contributed by atoms with Gasteiger partial charge in [-0.15, -0.1) is 0 Å². The molecule has 0 spiro atoms. The van der Waals surface area contributed by atoms with Crippen molar-refractivity contribution in [3.8, 4) is 0 Å². The standard InChI is InChI=1S/C17H23FN2O/c18-13-8-6-12(7-9-13)17-15(19)10-11-16(21)20(17)14-4-2-1-3-5-14/h6-9,14-15,17H,1-5,10-11,19H2. The molecule has 1 aromatic carbocycles. The molecule has 3 nitrogen and oxygen atoms in total. The maximum absolute atomic E-state index is 13.2. The number of amides is 1. The minimum absolute atomic E-state index is 0.0601. The van der Waals surface area contributed by atoms with Gasteiger partial charge in [0.15, 0.2) is 0 Å². The van der Waals surface area contributed by atoms with Crippen molar-refractivity contribution in [1.29, 1.82) is 0 Å². The largest absolute Gasteiger partial charge is 0.331 e. The third-order valence-corrected chi connectivity index (χ3v) is 4.86. The van der Waals surface area contributed by atoms with Crippen LogP contribution in [0.25, 0.3) is 0 Å². The predicted molar refractivity (Wildman–Crippen MR) is 80.1 cm³/mol. The number of piperidine rings is 1. The number of carbonyl (C=O) groups is 1. The fraction of sp³-hybridized carbons (Fsp3) is 0.588. The number of benzene rings is 1. The van der Waals surface area contributed by atoms with E-state index in [2.05, 4.69) is 0 Å². The Balaban J connectivity index is 1.91. The van der Waals surface area contributed by atoms with Gasteiger partial charge in [0.25, 0.3) is 0 Å². The number of hydrogen-bond acceptors (Lipinski definition) is 2. The second-order valence-electron chi connectivity index (χ2n) is 6.29. The van der Waals surface area contributed by atoms with Crippen LogP contribution in [0.15, 0.2) is 24.3 Å². The van der Waals surface area contributed by atoms with Gasteiger partial charge in [-0.05, 0) is 37.0 Å². The number of carbonyl (C=O) groups excluding carboxylic acids is 1. The van der Waals surface area contributed by atoms with E-state index in [1.165, 1.54) is 31.4 Å². The number of halogens is 1. The third kappa shape index (κ3) is 2.95. The van der Waals surface area contributed by atoms with Crippen LogP contribution in [0.2, 0.25) is 0 Å². The van der Waals surface area contributed by atoms with E-state index in [0.29, 0.717) is 18.9 Å². The van der Waals surface area contributed by atoms with Gasteiger partial charge in [0.1, 0.15) is 5.82 Å². The molecule has 0 radical (unpaired) electrons. The first-order chi connectivity index (χ1) is 10.2. The Kier molecular flexibility index (Phi) is 4.24. The summed E-state index contributed by atoms with van der Waals surface area (Å²) in [6.07, 6.45) is 7.00. The Labute approximate surface area is 125 Å². The molecule has 1 heterocycles. The molecule has 21 heavy (non-hydrogen) atoms. The zero-order chi connectivity index (χ0) is 14.8. The van der Waals surface area contributed by atoms with Crippen LogP contribution in [0.5, 0.6) is 0 Å². The van der Waals surface area contributed by atoms with Crippen molar-refractivity contribution < 1.29 is 9.18 Å². The molecule has 1 saturated carbocycles. The van der Waals surface area contributed by atoms with Crippen LogP contribution in [0.3, 0.4) is 0 Å².